The molecule has 18 heavy (non-hydrogen) atoms. The highest BCUT2D eigenvalue weighted by atomic mass is 16.5. The Labute approximate surface area is 105 Å². The first-order valence-corrected chi connectivity index (χ1v) is 5.78. The second-order valence-electron chi connectivity index (χ2n) is 4.08. The molecule has 5 heteroatoms. The lowest BCUT2D eigenvalue weighted by molar-refractivity contribution is -0.132. The minimum atomic E-state index is -0.409. The fraction of sp³-hybridized carbons (Fsp3) is 0.385. The van der Waals surface area contributed by atoms with Crippen molar-refractivity contribution in [3.63, 3.8) is 0 Å². The molecule has 96 valence electrons. The van der Waals surface area contributed by atoms with Crippen LogP contribution in [-0.4, -0.2) is 25.5 Å². The smallest absolute Gasteiger partial charge is 0.308 e. The molecule has 1 fully saturated rings. The maximum atomic E-state index is 11.8. The van der Waals surface area contributed by atoms with Crippen LogP contribution in [0.25, 0.3) is 0 Å². The van der Waals surface area contributed by atoms with Gasteiger partial charge in [0.25, 0.3) is 0 Å². The van der Waals surface area contributed by atoms with E-state index in [0.717, 1.165) is 6.42 Å². The summed E-state index contributed by atoms with van der Waals surface area (Å²) in [6, 6.07) is 5.05. The number of ether oxygens (including phenoxy) is 2. The van der Waals surface area contributed by atoms with Crippen LogP contribution in [-0.2, 0) is 9.59 Å². The van der Waals surface area contributed by atoms with E-state index in [4.69, 9.17) is 9.47 Å². The van der Waals surface area contributed by atoms with Crippen molar-refractivity contribution in [3.8, 4) is 11.5 Å². The standard InChI is InChI=1S/C13H15NO4/c1-9(15)18-12-6-5-10(17-2)8-11(12)14-7-3-4-13(14)16/h5-6,8H,3-4,7H2,1-2H3. The molecule has 0 unspecified atom stereocenters. The molecule has 0 aliphatic carbocycles. The van der Waals surface area contributed by atoms with Crippen LogP contribution in [0.1, 0.15) is 19.8 Å². The predicted octanol–water partition coefficient (Wildman–Crippen LogP) is 1.75. The van der Waals surface area contributed by atoms with Crippen LogP contribution in [0.15, 0.2) is 18.2 Å². The van der Waals surface area contributed by atoms with Crippen molar-refractivity contribution >= 4 is 17.6 Å². The second kappa shape index (κ2) is 5.08. The minimum absolute atomic E-state index is 0.0386. The number of esters is 1. The third-order valence-corrected chi connectivity index (χ3v) is 2.78. The molecule has 0 bridgehead atoms. The summed E-state index contributed by atoms with van der Waals surface area (Å²) in [6.07, 6.45) is 1.34. The van der Waals surface area contributed by atoms with Gasteiger partial charge >= 0.3 is 5.97 Å². The molecular formula is C13H15NO4. The number of rotatable bonds is 3. The van der Waals surface area contributed by atoms with Crippen LogP contribution in [0.2, 0.25) is 0 Å². The molecule has 1 amide bonds. The van der Waals surface area contributed by atoms with E-state index in [1.54, 1.807) is 30.2 Å². The number of nitrogens with zero attached hydrogens (tertiary/aromatic N) is 1. The first kappa shape index (κ1) is 12.4. The van der Waals surface area contributed by atoms with Crippen LogP contribution >= 0.6 is 0 Å². The zero-order chi connectivity index (χ0) is 13.1. The van der Waals surface area contributed by atoms with Crippen molar-refractivity contribution in [2.24, 2.45) is 0 Å². The predicted molar refractivity (Wildman–Crippen MR) is 65.9 cm³/mol. The van der Waals surface area contributed by atoms with Gasteiger partial charge in [-0.3, -0.25) is 9.59 Å². The quantitative estimate of drug-likeness (QED) is 0.605. The molecule has 1 aromatic rings. The Bertz CT molecular complexity index is 484. The van der Waals surface area contributed by atoms with Gasteiger partial charge in [-0.15, -0.1) is 0 Å². The number of hydrogen-bond donors (Lipinski definition) is 0. The van der Waals surface area contributed by atoms with Crippen molar-refractivity contribution in [3.05, 3.63) is 18.2 Å². The van der Waals surface area contributed by atoms with Gasteiger partial charge in [0.2, 0.25) is 5.91 Å². The summed E-state index contributed by atoms with van der Waals surface area (Å²) in [5.41, 5.74) is 0.590. The highest BCUT2D eigenvalue weighted by molar-refractivity contribution is 5.97. The first-order valence-electron chi connectivity index (χ1n) is 5.78. The second-order valence-corrected chi connectivity index (χ2v) is 4.08. The van der Waals surface area contributed by atoms with Crippen LogP contribution in [0.5, 0.6) is 11.5 Å². The van der Waals surface area contributed by atoms with Gasteiger partial charge in [-0.25, -0.2) is 0 Å². The van der Waals surface area contributed by atoms with E-state index in [-0.39, 0.29) is 5.91 Å². The monoisotopic (exact) mass is 249 g/mol. The Morgan fingerprint density at radius 1 is 1.39 bits per heavy atom. The number of benzene rings is 1. The number of amides is 1. The Morgan fingerprint density at radius 2 is 2.17 bits per heavy atom. The topological polar surface area (TPSA) is 55.8 Å². The van der Waals surface area contributed by atoms with Gasteiger partial charge in [0.1, 0.15) is 5.75 Å². The van der Waals surface area contributed by atoms with Crippen molar-refractivity contribution in [1.82, 2.24) is 0 Å². The normalized spacial score (nSPS) is 14.8. The van der Waals surface area contributed by atoms with E-state index in [0.29, 0.717) is 30.2 Å². The molecule has 0 saturated carbocycles. The Balaban J connectivity index is 2.40. The van der Waals surface area contributed by atoms with Crippen molar-refractivity contribution in [2.75, 3.05) is 18.6 Å². The molecule has 1 aliphatic rings. The summed E-state index contributed by atoms with van der Waals surface area (Å²) in [5.74, 6) is 0.642. The zero-order valence-electron chi connectivity index (χ0n) is 10.4. The summed E-state index contributed by atoms with van der Waals surface area (Å²) in [7, 11) is 1.55. The molecular weight excluding hydrogens is 234 g/mol. The number of carbonyl (C=O) groups is 2. The largest absolute Gasteiger partial charge is 0.497 e. The molecule has 1 aromatic carbocycles. The van der Waals surface area contributed by atoms with Crippen molar-refractivity contribution in [2.45, 2.75) is 19.8 Å². The van der Waals surface area contributed by atoms with Crippen LogP contribution < -0.4 is 14.4 Å². The average Bonchev–Trinajstić information content (AvgIpc) is 2.75. The van der Waals surface area contributed by atoms with Gasteiger partial charge < -0.3 is 14.4 Å². The van der Waals surface area contributed by atoms with Crippen molar-refractivity contribution in [1.29, 1.82) is 0 Å². The molecule has 0 aromatic heterocycles. The van der Waals surface area contributed by atoms with Gasteiger partial charge in [-0.1, -0.05) is 0 Å². The highest BCUT2D eigenvalue weighted by Crippen LogP contribution is 2.34. The number of methoxy groups -OCH3 is 1. The average molecular weight is 249 g/mol. The van der Waals surface area contributed by atoms with Crippen LogP contribution in [0.3, 0.4) is 0 Å². The van der Waals surface area contributed by atoms with Gasteiger partial charge in [0, 0.05) is 26.0 Å². The molecule has 2 rings (SSSR count). The molecule has 5 nitrogen and oxygen atoms in total. The van der Waals surface area contributed by atoms with Crippen LogP contribution in [0, 0.1) is 0 Å². The van der Waals surface area contributed by atoms with Gasteiger partial charge in [0.15, 0.2) is 5.75 Å². The number of hydrogen-bond acceptors (Lipinski definition) is 4. The molecule has 0 atom stereocenters. The Morgan fingerprint density at radius 3 is 2.72 bits per heavy atom. The molecule has 1 saturated heterocycles. The van der Waals surface area contributed by atoms with E-state index < -0.39 is 5.97 Å². The summed E-state index contributed by atoms with van der Waals surface area (Å²) in [5, 5.41) is 0. The summed E-state index contributed by atoms with van der Waals surface area (Å²) in [4.78, 5) is 24.4. The van der Waals surface area contributed by atoms with E-state index in [9.17, 15) is 9.59 Å². The lowest BCUT2D eigenvalue weighted by Crippen LogP contribution is -2.24. The lowest BCUT2D eigenvalue weighted by atomic mass is 10.2. The van der Waals surface area contributed by atoms with E-state index in [1.807, 2.05) is 0 Å². The zero-order valence-corrected chi connectivity index (χ0v) is 10.4. The number of carbonyl (C=O) groups excluding carboxylic acids is 2. The van der Waals surface area contributed by atoms with Gasteiger partial charge in [-0.05, 0) is 18.6 Å². The van der Waals surface area contributed by atoms with Crippen molar-refractivity contribution < 1.29 is 19.1 Å². The van der Waals surface area contributed by atoms with Crippen LogP contribution in [0.4, 0.5) is 5.69 Å². The Hall–Kier alpha value is -2.04. The Kier molecular flexibility index (Phi) is 3.50. The molecule has 1 heterocycles. The maximum Gasteiger partial charge on any atom is 0.308 e. The third-order valence-electron chi connectivity index (χ3n) is 2.78. The lowest BCUT2D eigenvalue weighted by Gasteiger charge is -2.19. The minimum Gasteiger partial charge on any atom is -0.497 e. The molecule has 1 aliphatic heterocycles. The molecule has 0 radical (unpaired) electrons. The maximum absolute atomic E-state index is 11.8. The fourth-order valence-corrected chi connectivity index (χ4v) is 1.98. The van der Waals surface area contributed by atoms with E-state index >= 15 is 0 Å². The first-order chi connectivity index (χ1) is 8.61. The van der Waals surface area contributed by atoms with E-state index in [2.05, 4.69) is 0 Å². The highest BCUT2D eigenvalue weighted by Gasteiger charge is 2.25. The molecule has 0 spiro atoms. The number of anilines is 1. The summed E-state index contributed by atoms with van der Waals surface area (Å²) < 4.78 is 10.2. The fourth-order valence-electron chi connectivity index (χ4n) is 1.98. The van der Waals surface area contributed by atoms with E-state index in [1.165, 1.54) is 6.92 Å². The van der Waals surface area contributed by atoms with Gasteiger partial charge in [0.05, 0.1) is 12.8 Å². The summed E-state index contributed by atoms with van der Waals surface area (Å²) in [6.45, 7) is 1.97. The SMILES string of the molecule is COc1ccc(OC(C)=O)c(N2CCCC2=O)c1. The third kappa shape index (κ3) is 2.45. The summed E-state index contributed by atoms with van der Waals surface area (Å²) >= 11 is 0. The van der Waals surface area contributed by atoms with Gasteiger partial charge in [-0.2, -0.15) is 0 Å². The molecule has 0 N–H and O–H groups in total.